The number of hydrogen-bond acceptors (Lipinski definition) is 17. The molecule has 3 fully saturated rings. The number of rotatable bonds is 15. The number of hydrogen-bond donors (Lipinski definition) is 3. The molecule has 4 aliphatic rings. The second-order valence-electron chi connectivity index (χ2n) is 19.3. The molecule has 382 valence electrons. The molecule has 72 heavy (non-hydrogen) atoms. The van der Waals surface area contributed by atoms with E-state index in [4.69, 9.17) is 33.2 Å². The van der Waals surface area contributed by atoms with Crippen LogP contribution in [0.2, 0.25) is 0 Å². The number of ether oxygens (including phenoxy) is 7. The van der Waals surface area contributed by atoms with Gasteiger partial charge in [-0.15, -0.1) is 0 Å². The second kappa shape index (κ2) is 20.5. The van der Waals surface area contributed by atoms with Gasteiger partial charge in [-0.1, -0.05) is 80.6 Å². The van der Waals surface area contributed by atoms with Gasteiger partial charge in [-0.05, 0) is 54.8 Å². The lowest BCUT2D eigenvalue weighted by atomic mass is 9.44. The molecule has 3 aromatic carbocycles. The summed E-state index contributed by atoms with van der Waals surface area (Å²) in [6, 6.07) is 22.4. The van der Waals surface area contributed by atoms with Crippen LogP contribution in [0.4, 0.5) is 0 Å². The van der Waals surface area contributed by atoms with E-state index in [1.54, 1.807) is 66.7 Å². The number of carbonyl (C=O) groups excluding carboxylic acids is 8. The molecule has 1 aliphatic heterocycles. The Morgan fingerprint density at radius 1 is 0.764 bits per heavy atom. The molecule has 3 N–H and O–H groups in total. The fourth-order valence-corrected chi connectivity index (χ4v) is 11.0. The number of aliphatic carboxylic acids is 1. The summed E-state index contributed by atoms with van der Waals surface area (Å²) in [6.07, 6.45) is -12.6. The van der Waals surface area contributed by atoms with Crippen LogP contribution >= 0.6 is 0 Å². The van der Waals surface area contributed by atoms with E-state index in [9.17, 15) is 48.6 Å². The van der Waals surface area contributed by atoms with E-state index in [2.05, 4.69) is 5.32 Å². The standard InChI is InChI=1S/C53H57NO18/c1-28-35(69-49(64)43(68-30(3)56)41(32-17-11-8-12-18-32)54-47(62)33-19-13-9-14-20-33)26-53(65)46(71-48(63)34-21-15-10-16-22-34)44-51(7,45(61)42(67-29(2)55)40(28)50(53,5)6)36(70-39(60)24-23-38(58)59)25-37-52(44,27-66-37)72-31(4)57/h8-22,35-37,41-44,46,65H,23-27H2,1-7H3,(H,54,62)(H,58,59)/t35-,36-,37+,41-,42+,43+,44-,46-,51+,52-,53+/m0/s1. The van der Waals surface area contributed by atoms with Crippen molar-refractivity contribution in [2.45, 2.75) is 128 Å². The fourth-order valence-electron chi connectivity index (χ4n) is 11.0. The molecule has 0 radical (unpaired) electrons. The van der Waals surface area contributed by atoms with Crippen LogP contribution in [0.1, 0.15) is 106 Å². The molecule has 7 rings (SSSR count). The number of carbonyl (C=O) groups is 9. The minimum Gasteiger partial charge on any atom is -0.481 e. The van der Waals surface area contributed by atoms with Gasteiger partial charge in [-0.3, -0.25) is 33.6 Å². The number of nitrogens with one attached hydrogen (secondary N) is 1. The number of fused-ring (bicyclic) bond motifs is 5. The number of aliphatic hydroxyl groups is 1. The Bertz CT molecular complexity index is 2670. The molecule has 1 heterocycles. The lowest BCUT2D eigenvalue weighted by Crippen LogP contribution is -2.82. The highest BCUT2D eigenvalue weighted by Gasteiger charge is 2.79. The fraction of sp³-hybridized carbons (Fsp3) is 0.453. The first-order valence-electron chi connectivity index (χ1n) is 23.4. The average Bonchev–Trinajstić information content (AvgIpc) is 3.32. The first-order valence-corrected chi connectivity index (χ1v) is 23.4. The normalized spacial score (nSPS) is 28.8. The average molecular weight is 996 g/mol. The minimum absolute atomic E-state index is 0.0124. The molecule has 1 saturated heterocycles. The second-order valence-corrected chi connectivity index (χ2v) is 19.3. The van der Waals surface area contributed by atoms with E-state index in [-0.39, 0.29) is 28.7 Å². The third-order valence-electron chi connectivity index (χ3n) is 14.5. The highest BCUT2D eigenvalue weighted by atomic mass is 16.6. The van der Waals surface area contributed by atoms with Crippen molar-refractivity contribution in [3.8, 4) is 0 Å². The molecule has 0 aromatic heterocycles. The summed E-state index contributed by atoms with van der Waals surface area (Å²) in [5, 5.41) is 26.2. The smallest absolute Gasteiger partial charge is 0.350 e. The molecule has 11 atom stereocenters. The van der Waals surface area contributed by atoms with E-state index in [1.807, 2.05) is 0 Å². The Morgan fingerprint density at radius 3 is 1.90 bits per heavy atom. The zero-order valence-electron chi connectivity index (χ0n) is 40.7. The lowest BCUT2D eigenvalue weighted by molar-refractivity contribution is -0.346. The number of ketones is 1. The SMILES string of the molecule is CC(=O)O[C@H]1C(=O)[C@]2(C)[C@@H](OC(=O)CCC(=O)O)C[C@H]3OC[C@@]3(OC(C)=O)[C@H]2[C@H](OC(=O)c2ccccc2)[C@]2(O)C[C@H](OC(=O)[C@H](OC(C)=O)[C@@H](NC(=O)c3ccccc3)c3ccccc3)C(C)=C1C2(C)C. The summed E-state index contributed by atoms with van der Waals surface area (Å²) in [5.41, 5.74) is -8.06. The third-order valence-corrected chi connectivity index (χ3v) is 14.5. The molecule has 19 nitrogen and oxygen atoms in total. The van der Waals surface area contributed by atoms with E-state index >= 15 is 4.79 Å². The van der Waals surface area contributed by atoms with Crippen molar-refractivity contribution in [3.05, 3.63) is 119 Å². The molecule has 1 amide bonds. The van der Waals surface area contributed by atoms with Gasteiger partial charge in [-0.2, -0.15) is 0 Å². The van der Waals surface area contributed by atoms with E-state index in [1.165, 1.54) is 52.0 Å². The van der Waals surface area contributed by atoms with Gasteiger partial charge in [-0.25, -0.2) is 9.59 Å². The van der Waals surface area contributed by atoms with Crippen molar-refractivity contribution in [2.75, 3.05) is 6.61 Å². The van der Waals surface area contributed by atoms with Gasteiger partial charge >= 0.3 is 41.8 Å². The van der Waals surface area contributed by atoms with Gasteiger partial charge in [0.1, 0.15) is 36.1 Å². The summed E-state index contributed by atoms with van der Waals surface area (Å²) in [6.45, 7) is 8.57. The Morgan fingerprint density at radius 2 is 1.36 bits per heavy atom. The van der Waals surface area contributed by atoms with E-state index in [0.717, 1.165) is 20.8 Å². The zero-order chi connectivity index (χ0) is 52.5. The Kier molecular flexibility index (Phi) is 14.9. The maximum atomic E-state index is 16.1. The quantitative estimate of drug-likeness (QED) is 0.106. The molecular weight excluding hydrogens is 939 g/mol. The topological polar surface area (TPSA) is 271 Å². The first-order chi connectivity index (χ1) is 34.0. The largest absolute Gasteiger partial charge is 0.481 e. The van der Waals surface area contributed by atoms with Crippen molar-refractivity contribution in [3.63, 3.8) is 0 Å². The number of carboxylic acids is 1. The Hall–Kier alpha value is -7.25. The summed E-state index contributed by atoms with van der Waals surface area (Å²) in [5.74, 6) is -10.8. The zero-order valence-corrected chi connectivity index (χ0v) is 40.7. The molecule has 3 aliphatic carbocycles. The molecule has 2 saturated carbocycles. The van der Waals surface area contributed by atoms with Gasteiger partial charge < -0.3 is 48.7 Å². The van der Waals surface area contributed by atoms with E-state index < -0.39 is 150 Å². The van der Waals surface area contributed by atoms with Crippen LogP contribution in [0.5, 0.6) is 0 Å². The van der Waals surface area contributed by atoms with Crippen molar-refractivity contribution in [1.29, 1.82) is 0 Å². The minimum atomic E-state index is -2.55. The highest BCUT2D eigenvalue weighted by molar-refractivity contribution is 5.97. The summed E-state index contributed by atoms with van der Waals surface area (Å²) >= 11 is 0. The monoisotopic (exact) mass is 995 g/mol. The lowest BCUT2D eigenvalue weighted by Gasteiger charge is -2.67. The molecule has 3 aromatic rings. The maximum Gasteiger partial charge on any atom is 0.350 e. The van der Waals surface area contributed by atoms with Crippen molar-refractivity contribution < 1.29 is 86.5 Å². The maximum absolute atomic E-state index is 16.1. The molecule has 0 unspecified atom stereocenters. The summed E-state index contributed by atoms with van der Waals surface area (Å²) in [7, 11) is 0. The van der Waals surface area contributed by atoms with Gasteiger partial charge in [0.05, 0.1) is 36.3 Å². The summed E-state index contributed by atoms with van der Waals surface area (Å²) < 4.78 is 42.6. The third kappa shape index (κ3) is 9.74. The van der Waals surface area contributed by atoms with E-state index in [0.29, 0.717) is 5.56 Å². The van der Waals surface area contributed by atoms with Gasteiger partial charge in [0, 0.05) is 44.6 Å². The van der Waals surface area contributed by atoms with Crippen LogP contribution in [-0.2, 0) is 66.7 Å². The highest BCUT2D eigenvalue weighted by Crippen LogP contribution is 2.65. The van der Waals surface area contributed by atoms with Crippen molar-refractivity contribution in [1.82, 2.24) is 5.32 Å². The van der Waals surface area contributed by atoms with Crippen LogP contribution in [-0.4, -0.2) is 118 Å². The number of amides is 1. The molecule has 2 bridgehead atoms. The predicted molar refractivity (Wildman–Crippen MR) is 248 cm³/mol. The van der Waals surface area contributed by atoms with Gasteiger partial charge in [0.25, 0.3) is 5.91 Å². The van der Waals surface area contributed by atoms with Crippen LogP contribution in [0.15, 0.2) is 102 Å². The summed E-state index contributed by atoms with van der Waals surface area (Å²) in [4.78, 5) is 124. The predicted octanol–water partition coefficient (Wildman–Crippen LogP) is 4.72. The Labute approximate surface area is 414 Å². The van der Waals surface area contributed by atoms with Crippen molar-refractivity contribution in [2.24, 2.45) is 16.7 Å². The van der Waals surface area contributed by atoms with Gasteiger partial charge in [0.2, 0.25) is 6.10 Å². The van der Waals surface area contributed by atoms with Crippen LogP contribution in [0, 0.1) is 16.7 Å². The van der Waals surface area contributed by atoms with Crippen LogP contribution < -0.4 is 5.32 Å². The number of esters is 6. The number of benzene rings is 3. The first kappa shape index (κ1) is 52.6. The van der Waals surface area contributed by atoms with Crippen LogP contribution in [0.3, 0.4) is 0 Å². The number of carboxylic acid groups (broad SMARTS) is 1. The van der Waals surface area contributed by atoms with Gasteiger partial charge in [0.15, 0.2) is 17.5 Å². The Balaban J connectivity index is 1.45. The number of Topliss-reactive ketones (excluding diaryl/α,β-unsaturated/α-hetero) is 1. The molecule has 0 spiro atoms. The van der Waals surface area contributed by atoms with Crippen LogP contribution in [0.25, 0.3) is 0 Å². The molecular formula is C53H57NO18. The molecule has 19 heteroatoms. The van der Waals surface area contributed by atoms with Crippen molar-refractivity contribution >= 4 is 53.5 Å².